The van der Waals surface area contributed by atoms with Crippen molar-refractivity contribution in [2.45, 2.75) is 19.4 Å². The Balaban J connectivity index is 0.00000280. The smallest absolute Gasteiger partial charge is 0.244 e. The molecular formula is C19H29ClIN5O2. The van der Waals surface area contributed by atoms with Crippen LogP contribution in [-0.4, -0.2) is 85.2 Å². The van der Waals surface area contributed by atoms with Crippen LogP contribution in [0.1, 0.15) is 13.3 Å². The molecule has 2 aliphatic heterocycles. The molecule has 7 nitrogen and oxygen atoms in total. The van der Waals surface area contributed by atoms with E-state index in [1.807, 2.05) is 41.0 Å². The molecule has 28 heavy (non-hydrogen) atoms. The van der Waals surface area contributed by atoms with Gasteiger partial charge < -0.3 is 25.1 Å². The van der Waals surface area contributed by atoms with Gasteiger partial charge in [-0.15, -0.1) is 24.0 Å². The Morgan fingerprint density at radius 3 is 2.43 bits per heavy atom. The first-order chi connectivity index (χ1) is 13.1. The summed E-state index contributed by atoms with van der Waals surface area (Å²) in [7, 11) is 0. The molecule has 2 saturated heterocycles. The zero-order valence-electron chi connectivity index (χ0n) is 16.2. The summed E-state index contributed by atoms with van der Waals surface area (Å²) in [6.45, 7) is 7.19. The molecule has 0 radical (unpaired) electrons. The standard InChI is InChI=1S/C19H28ClN5O2.HI/c1-2-21-19(25-8-7-17(26)14-25)22-13-18(27)24-11-9-23(10-12-24)16-5-3-15(20)4-6-16;/h3-6,17,26H,2,7-14H2,1H3,(H,21,22);1H/t17-;/m1./s1. The summed E-state index contributed by atoms with van der Waals surface area (Å²) >= 11 is 5.95. The highest BCUT2D eigenvalue weighted by atomic mass is 127. The number of carbonyl (C=O) groups is 1. The Labute approximate surface area is 188 Å². The molecule has 1 aromatic rings. The van der Waals surface area contributed by atoms with Crippen molar-refractivity contribution in [2.24, 2.45) is 4.99 Å². The summed E-state index contributed by atoms with van der Waals surface area (Å²) in [5.74, 6) is 0.753. The molecule has 2 aliphatic rings. The van der Waals surface area contributed by atoms with E-state index in [9.17, 15) is 9.90 Å². The Kier molecular flexibility index (Phi) is 9.10. The molecule has 0 spiro atoms. The fourth-order valence-electron chi connectivity index (χ4n) is 3.47. The second-order valence-electron chi connectivity index (χ2n) is 6.90. The second-order valence-corrected chi connectivity index (χ2v) is 7.34. The number of aliphatic imine (C=N–C) groups is 1. The summed E-state index contributed by atoms with van der Waals surface area (Å²) in [4.78, 5) is 23.2. The van der Waals surface area contributed by atoms with Crippen LogP contribution in [0.15, 0.2) is 29.3 Å². The maximum atomic E-state index is 12.6. The summed E-state index contributed by atoms with van der Waals surface area (Å²) < 4.78 is 0. The summed E-state index contributed by atoms with van der Waals surface area (Å²) in [5, 5.41) is 13.7. The lowest BCUT2D eigenvalue weighted by molar-refractivity contribution is -0.129. The highest BCUT2D eigenvalue weighted by molar-refractivity contribution is 14.0. The minimum absolute atomic E-state index is 0. The van der Waals surface area contributed by atoms with E-state index in [0.29, 0.717) is 25.6 Å². The van der Waals surface area contributed by atoms with E-state index in [1.54, 1.807) is 0 Å². The number of benzene rings is 1. The molecule has 0 unspecified atom stereocenters. The molecule has 2 heterocycles. The van der Waals surface area contributed by atoms with E-state index < -0.39 is 0 Å². The third-order valence-corrected chi connectivity index (χ3v) is 5.24. The van der Waals surface area contributed by atoms with Crippen LogP contribution in [0.4, 0.5) is 5.69 Å². The zero-order valence-corrected chi connectivity index (χ0v) is 19.3. The first kappa shape index (κ1) is 23.0. The number of nitrogens with one attached hydrogen (secondary N) is 1. The van der Waals surface area contributed by atoms with Crippen LogP contribution < -0.4 is 10.2 Å². The van der Waals surface area contributed by atoms with Crippen molar-refractivity contribution >= 4 is 53.1 Å². The molecule has 1 amide bonds. The topological polar surface area (TPSA) is 71.4 Å². The number of hydrogen-bond donors (Lipinski definition) is 2. The van der Waals surface area contributed by atoms with Crippen molar-refractivity contribution in [2.75, 3.05) is 57.3 Å². The predicted octanol–water partition coefficient (Wildman–Crippen LogP) is 1.64. The van der Waals surface area contributed by atoms with Gasteiger partial charge >= 0.3 is 0 Å². The van der Waals surface area contributed by atoms with E-state index in [0.717, 1.165) is 43.3 Å². The van der Waals surface area contributed by atoms with Crippen molar-refractivity contribution in [3.8, 4) is 0 Å². The number of amides is 1. The fourth-order valence-corrected chi connectivity index (χ4v) is 3.59. The van der Waals surface area contributed by atoms with Crippen molar-refractivity contribution in [3.05, 3.63) is 29.3 Å². The van der Waals surface area contributed by atoms with Crippen LogP contribution >= 0.6 is 35.6 Å². The number of aliphatic hydroxyl groups is 1. The van der Waals surface area contributed by atoms with Crippen molar-refractivity contribution in [3.63, 3.8) is 0 Å². The average Bonchev–Trinajstić information content (AvgIpc) is 3.12. The Morgan fingerprint density at radius 2 is 1.86 bits per heavy atom. The summed E-state index contributed by atoms with van der Waals surface area (Å²) in [5.41, 5.74) is 1.13. The van der Waals surface area contributed by atoms with Crippen LogP contribution in [0.5, 0.6) is 0 Å². The van der Waals surface area contributed by atoms with Gasteiger partial charge in [-0.25, -0.2) is 4.99 Å². The molecular weight excluding hydrogens is 493 g/mol. The largest absolute Gasteiger partial charge is 0.391 e. The third kappa shape index (κ3) is 6.12. The summed E-state index contributed by atoms with van der Waals surface area (Å²) in [6, 6.07) is 7.80. The van der Waals surface area contributed by atoms with Gasteiger partial charge in [-0.2, -0.15) is 0 Å². The highest BCUT2D eigenvalue weighted by Crippen LogP contribution is 2.19. The van der Waals surface area contributed by atoms with Gasteiger partial charge in [0.2, 0.25) is 5.91 Å². The number of aliphatic hydroxyl groups excluding tert-OH is 1. The summed E-state index contributed by atoms with van der Waals surface area (Å²) in [6.07, 6.45) is 0.427. The quantitative estimate of drug-likeness (QED) is 0.358. The van der Waals surface area contributed by atoms with Gasteiger partial charge in [-0.1, -0.05) is 11.6 Å². The number of carbonyl (C=O) groups excluding carboxylic acids is 1. The van der Waals surface area contributed by atoms with Gasteiger partial charge in [-0.3, -0.25) is 4.79 Å². The Morgan fingerprint density at radius 1 is 1.18 bits per heavy atom. The predicted molar refractivity (Wildman–Crippen MR) is 124 cm³/mol. The third-order valence-electron chi connectivity index (χ3n) is 4.99. The molecule has 2 fully saturated rings. The van der Waals surface area contributed by atoms with Crippen molar-refractivity contribution in [1.29, 1.82) is 0 Å². The average molecular weight is 522 g/mol. The van der Waals surface area contributed by atoms with E-state index in [2.05, 4.69) is 15.2 Å². The monoisotopic (exact) mass is 521 g/mol. The highest BCUT2D eigenvalue weighted by Gasteiger charge is 2.24. The van der Waals surface area contributed by atoms with Crippen LogP contribution in [0.2, 0.25) is 5.02 Å². The first-order valence-corrected chi connectivity index (χ1v) is 9.94. The number of rotatable bonds is 4. The number of β-amino-alcohol motifs (C(OH)–C–C–N with tert-alkyl or cyclic N) is 1. The zero-order chi connectivity index (χ0) is 19.2. The van der Waals surface area contributed by atoms with E-state index >= 15 is 0 Å². The van der Waals surface area contributed by atoms with Crippen molar-refractivity contribution < 1.29 is 9.90 Å². The van der Waals surface area contributed by atoms with E-state index in [1.165, 1.54) is 0 Å². The number of likely N-dealkylation sites (tertiary alicyclic amines) is 1. The maximum absolute atomic E-state index is 12.6. The number of nitrogens with zero attached hydrogens (tertiary/aromatic N) is 4. The molecule has 1 atom stereocenters. The normalized spacial score (nSPS) is 20.2. The number of guanidine groups is 1. The lowest BCUT2D eigenvalue weighted by Gasteiger charge is -2.36. The fraction of sp³-hybridized carbons (Fsp3) is 0.579. The van der Waals surface area contributed by atoms with E-state index in [-0.39, 0.29) is 42.5 Å². The molecule has 0 saturated carbocycles. The Bertz CT molecular complexity index is 665. The van der Waals surface area contributed by atoms with Crippen LogP contribution in [0.25, 0.3) is 0 Å². The number of halogens is 2. The molecule has 9 heteroatoms. The Hall–Kier alpha value is -1.26. The van der Waals surface area contributed by atoms with Crippen LogP contribution in [-0.2, 0) is 4.79 Å². The lowest BCUT2D eigenvalue weighted by Crippen LogP contribution is -2.49. The molecule has 0 bridgehead atoms. The van der Waals surface area contributed by atoms with Gasteiger partial charge in [0.05, 0.1) is 6.10 Å². The number of piperazine rings is 1. The molecule has 156 valence electrons. The van der Waals surface area contributed by atoms with Crippen LogP contribution in [0, 0.1) is 0 Å². The molecule has 0 aromatic heterocycles. The lowest BCUT2D eigenvalue weighted by atomic mass is 10.2. The minimum atomic E-state index is -0.314. The van der Waals surface area contributed by atoms with Gasteiger partial charge in [0.15, 0.2) is 5.96 Å². The SMILES string of the molecule is CCNC(=NCC(=O)N1CCN(c2ccc(Cl)cc2)CC1)N1CC[C@@H](O)C1.I. The maximum Gasteiger partial charge on any atom is 0.244 e. The second kappa shape index (κ2) is 11.1. The molecule has 3 rings (SSSR count). The van der Waals surface area contributed by atoms with Crippen LogP contribution in [0.3, 0.4) is 0 Å². The van der Waals surface area contributed by atoms with E-state index in [4.69, 9.17) is 11.6 Å². The first-order valence-electron chi connectivity index (χ1n) is 9.56. The van der Waals surface area contributed by atoms with Crippen molar-refractivity contribution in [1.82, 2.24) is 15.1 Å². The van der Waals surface area contributed by atoms with Gasteiger partial charge in [-0.05, 0) is 37.6 Å². The molecule has 0 aliphatic carbocycles. The number of anilines is 1. The number of hydrogen-bond acceptors (Lipinski definition) is 4. The molecule has 1 aromatic carbocycles. The van der Waals surface area contributed by atoms with Gasteiger partial charge in [0, 0.05) is 56.5 Å². The van der Waals surface area contributed by atoms with Gasteiger partial charge in [0.25, 0.3) is 0 Å². The molecule has 2 N–H and O–H groups in total. The van der Waals surface area contributed by atoms with Gasteiger partial charge in [0.1, 0.15) is 6.54 Å². The minimum Gasteiger partial charge on any atom is -0.391 e.